The maximum absolute atomic E-state index is 2.67. The Morgan fingerprint density at radius 1 is 1.05 bits per heavy atom. The first-order chi connectivity index (χ1) is 10.7. The summed E-state index contributed by atoms with van der Waals surface area (Å²) in [4.78, 5) is 2.67. The lowest BCUT2D eigenvalue weighted by molar-refractivity contribution is 0.0332. The molecule has 3 fully saturated rings. The Morgan fingerprint density at radius 2 is 1.86 bits per heavy atom. The van der Waals surface area contributed by atoms with Crippen molar-refractivity contribution in [3.63, 3.8) is 0 Å². The van der Waals surface area contributed by atoms with Crippen LogP contribution in [0.15, 0.2) is 24.3 Å². The van der Waals surface area contributed by atoms with Gasteiger partial charge in [-0.05, 0) is 92.7 Å². The molecule has 6 unspecified atom stereocenters. The van der Waals surface area contributed by atoms with Gasteiger partial charge in [-0.15, -0.1) is 0 Å². The van der Waals surface area contributed by atoms with Crippen molar-refractivity contribution in [1.82, 2.24) is 4.90 Å². The summed E-state index contributed by atoms with van der Waals surface area (Å²) in [6.45, 7) is 3.87. The number of hydrogen-bond acceptors (Lipinski definition) is 1. The fourth-order valence-corrected chi connectivity index (χ4v) is 7.32. The standard InChI is InChI=1S/C21H29N/c1-14-19-9-10-20-18-8-7-15-5-3-4-6-16(15)17(18)11-12-21(19,20)13-22(14)2/h3-6,14,17-20H,7-13H2,1-2H3. The number of nitrogens with zero attached hydrogens (tertiary/aromatic N) is 1. The average Bonchev–Trinajstić information content (AvgIpc) is 3.02. The fraction of sp³-hybridized carbons (Fsp3) is 0.714. The molecule has 1 spiro atoms. The van der Waals surface area contributed by atoms with Crippen molar-refractivity contribution in [2.45, 2.75) is 57.4 Å². The van der Waals surface area contributed by atoms with Crippen molar-refractivity contribution in [1.29, 1.82) is 0 Å². The van der Waals surface area contributed by atoms with Crippen LogP contribution in [0, 0.1) is 23.2 Å². The third kappa shape index (κ3) is 1.59. The molecule has 1 saturated heterocycles. The van der Waals surface area contributed by atoms with E-state index in [4.69, 9.17) is 0 Å². The summed E-state index contributed by atoms with van der Waals surface area (Å²) in [7, 11) is 2.37. The van der Waals surface area contributed by atoms with E-state index in [1.165, 1.54) is 45.1 Å². The van der Waals surface area contributed by atoms with Crippen LogP contribution in [0.4, 0.5) is 0 Å². The van der Waals surface area contributed by atoms with Gasteiger partial charge in [0.1, 0.15) is 0 Å². The van der Waals surface area contributed by atoms with Crippen LogP contribution in [0.3, 0.4) is 0 Å². The summed E-state index contributed by atoms with van der Waals surface area (Å²) in [5.41, 5.74) is 4.06. The molecule has 1 aliphatic heterocycles. The minimum Gasteiger partial charge on any atom is -0.303 e. The van der Waals surface area contributed by atoms with Crippen molar-refractivity contribution in [3.8, 4) is 0 Å². The summed E-state index contributed by atoms with van der Waals surface area (Å²) >= 11 is 0. The third-order valence-electron chi connectivity index (χ3n) is 8.24. The van der Waals surface area contributed by atoms with Crippen LogP contribution in [0.1, 0.15) is 56.1 Å². The minimum atomic E-state index is 0.682. The molecule has 4 aliphatic rings. The first-order valence-corrected chi connectivity index (χ1v) is 9.49. The molecule has 1 heterocycles. The van der Waals surface area contributed by atoms with Crippen LogP contribution < -0.4 is 0 Å². The van der Waals surface area contributed by atoms with E-state index in [-0.39, 0.29) is 0 Å². The molecule has 1 nitrogen and oxygen atoms in total. The molecule has 2 saturated carbocycles. The van der Waals surface area contributed by atoms with E-state index in [0.717, 1.165) is 29.7 Å². The molecule has 5 rings (SSSR count). The van der Waals surface area contributed by atoms with Crippen LogP contribution in [0.5, 0.6) is 0 Å². The number of rotatable bonds is 0. The number of fused-ring (bicyclic) bond motifs is 4. The lowest BCUT2D eigenvalue weighted by Gasteiger charge is -2.50. The minimum absolute atomic E-state index is 0.682. The van der Waals surface area contributed by atoms with Crippen molar-refractivity contribution in [2.24, 2.45) is 23.2 Å². The normalized spacial score (nSPS) is 46.7. The molecule has 0 bridgehead atoms. The van der Waals surface area contributed by atoms with Gasteiger partial charge < -0.3 is 4.90 Å². The van der Waals surface area contributed by atoms with Gasteiger partial charge in [0.05, 0.1) is 0 Å². The Labute approximate surface area is 135 Å². The van der Waals surface area contributed by atoms with Crippen molar-refractivity contribution in [3.05, 3.63) is 35.4 Å². The zero-order chi connectivity index (χ0) is 14.9. The molecule has 118 valence electrons. The smallest absolute Gasteiger partial charge is 0.00982 e. The lowest BCUT2D eigenvalue weighted by atomic mass is 9.54. The van der Waals surface area contributed by atoms with E-state index in [9.17, 15) is 0 Å². The largest absolute Gasteiger partial charge is 0.303 e. The second-order valence-corrected chi connectivity index (χ2v) is 8.73. The molecular weight excluding hydrogens is 266 g/mol. The monoisotopic (exact) mass is 295 g/mol. The quantitative estimate of drug-likeness (QED) is 0.682. The summed E-state index contributed by atoms with van der Waals surface area (Å²) in [6.07, 6.45) is 8.76. The van der Waals surface area contributed by atoms with Crippen molar-refractivity contribution < 1.29 is 0 Å². The van der Waals surface area contributed by atoms with Crippen LogP contribution in [0.2, 0.25) is 0 Å². The van der Waals surface area contributed by atoms with E-state index >= 15 is 0 Å². The van der Waals surface area contributed by atoms with Crippen molar-refractivity contribution >= 4 is 0 Å². The highest BCUT2D eigenvalue weighted by Crippen LogP contribution is 2.66. The van der Waals surface area contributed by atoms with Crippen LogP contribution in [-0.4, -0.2) is 24.5 Å². The molecule has 0 aromatic heterocycles. The van der Waals surface area contributed by atoms with Crippen LogP contribution in [-0.2, 0) is 6.42 Å². The maximum atomic E-state index is 2.67. The highest BCUT2D eigenvalue weighted by molar-refractivity contribution is 5.35. The lowest BCUT2D eigenvalue weighted by Crippen LogP contribution is -2.44. The van der Waals surface area contributed by atoms with Gasteiger partial charge >= 0.3 is 0 Å². The molecular formula is C21H29N. The highest BCUT2D eigenvalue weighted by atomic mass is 15.2. The highest BCUT2D eigenvalue weighted by Gasteiger charge is 2.61. The summed E-state index contributed by atoms with van der Waals surface area (Å²) in [5.74, 6) is 3.85. The van der Waals surface area contributed by atoms with Gasteiger partial charge in [-0.3, -0.25) is 0 Å². The zero-order valence-electron chi connectivity index (χ0n) is 14.1. The van der Waals surface area contributed by atoms with Gasteiger partial charge in [-0.1, -0.05) is 24.3 Å². The van der Waals surface area contributed by atoms with E-state index < -0.39 is 0 Å². The van der Waals surface area contributed by atoms with Gasteiger partial charge in [0.15, 0.2) is 0 Å². The maximum Gasteiger partial charge on any atom is 0.00982 e. The predicted octanol–water partition coefficient (Wildman–Crippen LogP) is 4.47. The molecule has 6 atom stereocenters. The summed E-state index contributed by atoms with van der Waals surface area (Å²) in [6, 6.07) is 10.2. The zero-order valence-corrected chi connectivity index (χ0v) is 14.1. The van der Waals surface area contributed by atoms with Crippen LogP contribution in [0.25, 0.3) is 0 Å². The van der Waals surface area contributed by atoms with Crippen molar-refractivity contribution in [2.75, 3.05) is 13.6 Å². The average molecular weight is 295 g/mol. The molecule has 0 radical (unpaired) electrons. The number of benzene rings is 1. The summed E-state index contributed by atoms with van der Waals surface area (Å²) in [5, 5.41) is 0. The SMILES string of the molecule is CC1C2CCC3C4CCc5ccccc5C4CCC32CN1C. The van der Waals surface area contributed by atoms with Gasteiger partial charge in [0, 0.05) is 12.6 Å². The van der Waals surface area contributed by atoms with E-state index in [1.807, 2.05) is 0 Å². The molecule has 0 N–H and O–H groups in total. The van der Waals surface area contributed by atoms with E-state index in [2.05, 4.69) is 43.1 Å². The molecule has 1 heteroatoms. The number of hydrogen-bond donors (Lipinski definition) is 0. The van der Waals surface area contributed by atoms with Gasteiger partial charge in [-0.2, -0.15) is 0 Å². The Bertz CT molecular complexity index is 593. The molecule has 0 amide bonds. The molecule has 1 aromatic rings. The second-order valence-electron chi connectivity index (χ2n) is 8.73. The molecule has 22 heavy (non-hydrogen) atoms. The molecule has 1 aromatic carbocycles. The number of aryl methyl sites for hydroxylation is 1. The van der Waals surface area contributed by atoms with E-state index in [1.54, 1.807) is 11.1 Å². The Kier molecular flexibility index (Phi) is 2.84. The Hall–Kier alpha value is -0.820. The summed E-state index contributed by atoms with van der Waals surface area (Å²) < 4.78 is 0. The number of likely N-dealkylation sites (tertiary alicyclic amines) is 1. The van der Waals surface area contributed by atoms with Gasteiger partial charge in [0.2, 0.25) is 0 Å². The van der Waals surface area contributed by atoms with Gasteiger partial charge in [0.25, 0.3) is 0 Å². The first kappa shape index (κ1) is 13.6. The van der Waals surface area contributed by atoms with Crippen LogP contribution >= 0.6 is 0 Å². The first-order valence-electron chi connectivity index (χ1n) is 9.49. The second kappa shape index (κ2) is 4.60. The fourth-order valence-electron chi connectivity index (χ4n) is 7.32. The van der Waals surface area contributed by atoms with E-state index in [0.29, 0.717) is 5.41 Å². The topological polar surface area (TPSA) is 3.24 Å². The van der Waals surface area contributed by atoms with Gasteiger partial charge in [-0.25, -0.2) is 0 Å². The molecule has 3 aliphatic carbocycles. The third-order valence-corrected chi connectivity index (χ3v) is 8.24. The Balaban J connectivity index is 1.53. The Morgan fingerprint density at radius 3 is 2.77 bits per heavy atom. The predicted molar refractivity (Wildman–Crippen MR) is 91.0 cm³/mol.